The summed E-state index contributed by atoms with van der Waals surface area (Å²) >= 11 is 11.9. The molecule has 9 heteroatoms. The van der Waals surface area contributed by atoms with Crippen molar-refractivity contribution < 1.29 is 18.7 Å². The Balaban J connectivity index is 2.11. The maximum absolute atomic E-state index is 13.6. The van der Waals surface area contributed by atoms with Crippen molar-refractivity contribution in [2.24, 2.45) is 0 Å². The van der Waals surface area contributed by atoms with E-state index >= 15 is 0 Å². The van der Waals surface area contributed by atoms with Crippen LogP contribution >= 0.6 is 34.5 Å². The molecule has 2 aromatic heterocycles. The molecule has 2 aromatic rings. The zero-order valence-corrected chi connectivity index (χ0v) is 11.9. The topological polar surface area (TPSA) is 61.3 Å². The summed E-state index contributed by atoms with van der Waals surface area (Å²) in [5.41, 5.74) is -0.589. The minimum atomic E-state index is -0.950. The monoisotopic (exact) mass is 324 g/mol. The van der Waals surface area contributed by atoms with E-state index in [2.05, 4.69) is 14.7 Å². The Morgan fingerprint density at radius 1 is 1.58 bits per heavy atom. The van der Waals surface area contributed by atoms with E-state index in [1.807, 2.05) is 0 Å². The van der Waals surface area contributed by atoms with Gasteiger partial charge < -0.3 is 9.47 Å². The predicted molar refractivity (Wildman–Crippen MR) is 69.7 cm³/mol. The molecule has 0 bridgehead atoms. The fourth-order valence-electron chi connectivity index (χ4n) is 1.29. The van der Waals surface area contributed by atoms with Crippen LogP contribution in [-0.4, -0.2) is 28.1 Å². The van der Waals surface area contributed by atoms with Crippen LogP contribution in [0.1, 0.15) is 6.92 Å². The molecule has 2 rings (SSSR count). The smallest absolute Gasteiger partial charge is 0.404 e. The summed E-state index contributed by atoms with van der Waals surface area (Å²) < 4.78 is 23.7. The third kappa shape index (κ3) is 3.65. The summed E-state index contributed by atoms with van der Waals surface area (Å²) in [5, 5.41) is 0. The lowest BCUT2D eigenvalue weighted by molar-refractivity contribution is 0.0905. The van der Waals surface area contributed by atoms with Crippen LogP contribution < -0.4 is 4.74 Å². The lowest BCUT2D eigenvalue weighted by Crippen LogP contribution is -2.19. The molecule has 2 heterocycles. The van der Waals surface area contributed by atoms with Crippen molar-refractivity contribution in [3.8, 4) is 5.88 Å². The third-order valence-electron chi connectivity index (χ3n) is 2.03. The molecular weight excluding hydrogens is 318 g/mol. The molecule has 0 fully saturated rings. The van der Waals surface area contributed by atoms with Gasteiger partial charge in [0.1, 0.15) is 23.1 Å². The molecule has 102 valence electrons. The molecule has 0 aliphatic carbocycles. The molecular formula is C10H7Cl2FN2O3S. The number of carbonyl (C=O) groups is 1. The predicted octanol–water partition coefficient (Wildman–Crippen LogP) is 3.63. The molecule has 19 heavy (non-hydrogen) atoms. The largest absolute Gasteiger partial charge is 0.472 e. The van der Waals surface area contributed by atoms with Gasteiger partial charge in [0.15, 0.2) is 10.3 Å². The van der Waals surface area contributed by atoms with Crippen molar-refractivity contribution >= 4 is 50.3 Å². The van der Waals surface area contributed by atoms with E-state index in [0.717, 1.165) is 11.3 Å². The Kier molecular flexibility index (Phi) is 4.38. The summed E-state index contributed by atoms with van der Waals surface area (Å²) in [6.45, 7) is 1.49. The van der Waals surface area contributed by atoms with Gasteiger partial charge in [0.25, 0.3) is 5.88 Å². The molecule has 0 aromatic carbocycles. The highest BCUT2D eigenvalue weighted by atomic mass is 35.5. The van der Waals surface area contributed by atoms with Crippen molar-refractivity contribution in [1.82, 2.24) is 9.97 Å². The Labute approximate surface area is 121 Å². The van der Waals surface area contributed by atoms with Crippen LogP contribution in [0.4, 0.5) is 9.18 Å². The summed E-state index contributed by atoms with van der Waals surface area (Å²) in [6, 6.07) is 1.18. The average molecular weight is 325 g/mol. The number of aromatic nitrogens is 2. The molecule has 5 nitrogen and oxygen atoms in total. The second kappa shape index (κ2) is 5.85. The Morgan fingerprint density at radius 2 is 2.32 bits per heavy atom. The Bertz CT molecular complexity index is 622. The normalized spacial score (nSPS) is 12.4. The molecule has 0 saturated carbocycles. The highest BCUT2D eigenvalue weighted by Gasteiger charge is 2.14. The van der Waals surface area contributed by atoms with Crippen molar-refractivity contribution in [3.63, 3.8) is 0 Å². The SMILES string of the molecule is CC(COc1nc2sc(Cl)nc2cc1F)OC(=O)Cl. The standard InChI is InChI=1S/C10H7Cl2FN2O3S/c1-4(18-10(12)16)3-17-7-5(13)2-6-8(15-7)19-9(11)14-6/h2,4H,3H2,1H3. The second-order valence-corrected chi connectivity index (χ2v) is 5.41. The number of hydrogen-bond acceptors (Lipinski definition) is 6. The second-order valence-electron chi connectivity index (χ2n) is 3.54. The molecule has 0 amide bonds. The Hall–Kier alpha value is -1.18. The first-order valence-electron chi connectivity index (χ1n) is 5.07. The molecule has 0 radical (unpaired) electrons. The van der Waals surface area contributed by atoms with Gasteiger partial charge in [0, 0.05) is 17.7 Å². The molecule has 1 atom stereocenters. The van der Waals surface area contributed by atoms with Gasteiger partial charge in [-0.3, -0.25) is 0 Å². The van der Waals surface area contributed by atoms with Crippen LogP contribution in [0.5, 0.6) is 5.88 Å². The van der Waals surface area contributed by atoms with E-state index in [4.69, 9.17) is 27.9 Å². The van der Waals surface area contributed by atoms with Gasteiger partial charge in [0.2, 0.25) is 0 Å². The quantitative estimate of drug-likeness (QED) is 0.804. The van der Waals surface area contributed by atoms with Crippen molar-refractivity contribution in [2.75, 3.05) is 6.61 Å². The number of rotatable bonds is 4. The van der Waals surface area contributed by atoms with Crippen molar-refractivity contribution in [3.05, 3.63) is 16.4 Å². The van der Waals surface area contributed by atoms with E-state index in [1.54, 1.807) is 6.92 Å². The van der Waals surface area contributed by atoms with Crippen LogP contribution in [0.2, 0.25) is 4.47 Å². The molecule has 0 saturated heterocycles. The zero-order chi connectivity index (χ0) is 14.0. The first-order valence-corrected chi connectivity index (χ1v) is 6.64. The van der Waals surface area contributed by atoms with Gasteiger partial charge in [-0.25, -0.2) is 14.2 Å². The maximum atomic E-state index is 13.6. The first kappa shape index (κ1) is 14.2. The lowest BCUT2D eigenvalue weighted by Gasteiger charge is -2.11. The number of fused-ring (bicyclic) bond motifs is 1. The van der Waals surface area contributed by atoms with Gasteiger partial charge in [-0.1, -0.05) is 22.9 Å². The molecule has 0 spiro atoms. The molecule has 1 unspecified atom stereocenters. The number of ether oxygens (including phenoxy) is 2. The molecule has 0 N–H and O–H groups in total. The highest BCUT2D eigenvalue weighted by molar-refractivity contribution is 7.21. The van der Waals surface area contributed by atoms with Crippen LogP contribution in [0.15, 0.2) is 6.07 Å². The van der Waals surface area contributed by atoms with Gasteiger partial charge in [-0.15, -0.1) is 0 Å². The number of nitrogens with zero attached hydrogens (tertiary/aromatic N) is 2. The molecule has 0 aliphatic heterocycles. The van der Waals surface area contributed by atoms with E-state index in [9.17, 15) is 9.18 Å². The van der Waals surface area contributed by atoms with Gasteiger partial charge in [-0.2, -0.15) is 4.98 Å². The van der Waals surface area contributed by atoms with E-state index < -0.39 is 17.3 Å². The number of carbonyl (C=O) groups excluding carboxylic acids is 1. The maximum Gasteiger partial charge on any atom is 0.404 e. The molecule has 0 aliphatic rings. The highest BCUT2D eigenvalue weighted by Crippen LogP contribution is 2.27. The van der Waals surface area contributed by atoms with Crippen LogP contribution in [0.25, 0.3) is 10.3 Å². The minimum Gasteiger partial charge on any atom is -0.472 e. The fraction of sp³-hybridized carbons (Fsp3) is 0.300. The van der Waals surface area contributed by atoms with E-state index in [0.29, 0.717) is 10.3 Å². The average Bonchev–Trinajstić information content (AvgIpc) is 2.64. The number of halogens is 3. The van der Waals surface area contributed by atoms with E-state index in [1.165, 1.54) is 6.07 Å². The van der Waals surface area contributed by atoms with Crippen LogP contribution in [-0.2, 0) is 4.74 Å². The minimum absolute atomic E-state index is 0.0690. The van der Waals surface area contributed by atoms with Gasteiger partial charge >= 0.3 is 5.43 Å². The van der Waals surface area contributed by atoms with Crippen LogP contribution in [0.3, 0.4) is 0 Å². The Morgan fingerprint density at radius 3 is 3.00 bits per heavy atom. The summed E-state index contributed by atoms with van der Waals surface area (Å²) in [6.07, 6.45) is -0.619. The summed E-state index contributed by atoms with van der Waals surface area (Å²) in [7, 11) is 0. The van der Waals surface area contributed by atoms with Crippen molar-refractivity contribution in [1.29, 1.82) is 0 Å². The third-order valence-corrected chi connectivity index (χ3v) is 3.19. The first-order chi connectivity index (χ1) is 8.95. The van der Waals surface area contributed by atoms with Crippen molar-refractivity contribution in [2.45, 2.75) is 13.0 Å². The number of thiazole rings is 1. The number of hydrogen-bond donors (Lipinski definition) is 0. The number of pyridine rings is 1. The fourth-order valence-corrected chi connectivity index (χ4v) is 2.39. The zero-order valence-electron chi connectivity index (χ0n) is 9.52. The van der Waals surface area contributed by atoms with Gasteiger partial charge in [-0.05, 0) is 6.92 Å². The van der Waals surface area contributed by atoms with E-state index in [-0.39, 0.29) is 17.0 Å². The van der Waals surface area contributed by atoms with Gasteiger partial charge in [0.05, 0.1) is 0 Å². The lowest BCUT2D eigenvalue weighted by atomic mass is 10.4. The summed E-state index contributed by atoms with van der Waals surface area (Å²) in [4.78, 5) is 18.8. The van der Waals surface area contributed by atoms with Crippen LogP contribution in [0, 0.1) is 5.82 Å². The summed E-state index contributed by atoms with van der Waals surface area (Å²) in [5.74, 6) is -0.871.